The summed E-state index contributed by atoms with van der Waals surface area (Å²) in [6, 6.07) is 0. The first kappa shape index (κ1) is 75.8. The van der Waals surface area contributed by atoms with Gasteiger partial charge < -0.3 is 14.2 Å². The minimum absolute atomic E-state index is 0.104. The summed E-state index contributed by atoms with van der Waals surface area (Å²) in [5, 5.41) is 0. The van der Waals surface area contributed by atoms with E-state index in [1.54, 1.807) is 0 Å². The van der Waals surface area contributed by atoms with Crippen molar-refractivity contribution < 1.29 is 28.6 Å². The molecule has 0 amide bonds. The number of unbranched alkanes of at least 4 members (excludes halogenated alkanes) is 40. The van der Waals surface area contributed by atoms with Crippen LogP contribution in [0.4, 0.5) is 0 Å². The van der Waals surface area contributed by atoms with Crippen LogP contribution in [-0.4, -0.2) is 37.2 Å². The van der Waals surface area contributed by atoms with E-state index in [9.17, 15) is 14.4 Å². The highest BCUT2D eigenvalue weighted by molar-refractivity contribution is 5.71. The monoisotopic (exact) mass is 1100 g/mol. The molecule has 0 radical (unpaired) electrons. The molecule has 0 rings (SSSR count). The van der Waals surface area contributed by atoms with Gasteiger partial charge in [-0.2, -0.15) is 0 Å². The van der Waals surface area contributed by atoms with Gasteiger partial charge in [-0.1, -0.05) is 312 Å². The first-order chi connectivity index (χ1) is 39.0. The normalized spacial score (nSPS) is 12.5. The van der Waals surface area contributed by atoms with Crippen molar-refractivity contribution in [2.45, 2.75) is 361 Å². The summed E-state index contributed by atoms with van der Waals surface area (Å²) in [6.45, 7) is 6.47. The Kier molecular flexibility index (Phi) is 64.7. The topological polar surface area (TPSA) is 78.9 Å². The van der Waals surface area contributed by atoms with E-state index in [0.717, 1.165) is 70.6 Å². The Labute approximate surface area is 491 Å². The van der Waals surface area contributed by atoms with Crippen LogP contribution in [0.5, 0.6) is 0 Å². The summed E-state index contributed by atoms with van der Waals surface area (Å²) in [5.41, 5.74) is 0. The molecule has 0 aromatic carbocycles. The van der Waals surface area contributed by atoms with E-state index in [1.807, 2.05) is 6.08 Å². The van der Waals surface area contributed by atoms with E-state index in [-0.39, 0.29) is 37.5 Å². The standard InChI is InChI=1S/C73H130O6/c1-4-7-10-13-16-19-22-25-26-27-28-29-30-31-32-33-34-35-36-37-38-39-40-41-42-43-44-45-46-49-51-54-57-60-63-66-72(75)78-69-70(79-73(76)67-64-61-58-55-52-48-24-21-18-15-12-9-6-3)68-77-71(74)65-62-59-56-53-50-47-23-20-17-14-11-8-5-2/h9,12,18,20-21,23,27-28,48,52,58,61,70H,4-8,10-11,13-17,19,22,24-26,29-47,49-51,53-57,59-60,62-69H2,1-3H3/b12-9-,21-18-,23-20-,28-27-,52-48-,61-58-. The Morgan fingerprint density at radius 1 is 0.266 bits per heavy atom. The van der Waals surface area contributed by atoms with Crippen molar-refractivity contribution in [1.82, 2.24) is 0 Å². The van der Waals surface area contributed by atoms with Crippen LogP contribution in [0.25, 0.3) is 0 Å². The van der Waals surface area contributed by atoms with Crippen LogP contribution >= 0.6 is 0 Å². The number of esters is 3. The quantitative estimate of drug-likeness (QED) is 0.0261. The molecule has 0 fully saturated rings. The van der Waals surface area contributed by atoms with Gasteiger partial charge in [0.1, 0.15) is 13.2 Å². The number of hydrogen-bond acceptors (Lipinski definition) is 6. The predicted molar refractivity (Wildman–Crippen MR) is 344 cm³/mol. The van der Waals surface area contributed by atoms with Crippen molar-refractivity contribution in [3.8, 4) is 0 Å². The first-order valence-electron chi connectivity index (χ1n) is 34.4. The van der Waals surface area contributed by atoms with Crippen molar-refractivity contribution in [2.75, 3.05) is 13.2 Å². The van der Waals surface area contributed by atoms with Crippen molar-refractivity contribution in [2.24, 2.45) is 0 Å². The fraction of sp³-hybridized carbons (Fsp3) is 0.795. The summed E-state index contributed by atoms with van der Waals surface area (Å²) < 4.78 is 16.8. The summed E-state index contributed by atoms with van der Waals surface area (Å²) in [6.07, 6.45) is 88.4. The van der Waals surface area contributed by atoms with E-state index < -0.39 is 6.10 Å². The highest BCUT2D eigenvalue weighted by atomic mass is 16.6. The summed E-state index contributed by atoms with van der Waals surface area (Å²) in [4.78, 5) is 38.2. The van der Waals surface area contributed by atoms with Crippen LogP contribution in [0, 0.1) is 0 Å². The van der Waals surface area contributed by atoms with Crippen LogP contribution in [0.15, 0.2) is 72.9 Å². The van der Waals surface area contributed by atoms with Gasteiger partial charge in [0.2, 0.25) is 0 Å². The Morgan fingerprint density at radius 2 is 0.519 bits per heavy atom. The molecule has 0 saturated carbocycles. The SMILES string of the molecule is CC/C=C\C/C=C\C/C=C\C/C=C\CCC(=O)OC(COC(=O)CCCCCCC/C=C\CCCCCC)COC(=O)CCCCCCCCCCCCCCCCCCCCCCCCC/C=C\CCCCCCCCCC. The molecular formula is C73H130O6. The van der Waals surface area contributed by atoms with Crippen molar-refractivity contribution >= 4 is 17.9 Å². The lowest BCUT2D eigenvalue weighted by molar-refractivity contribution is -0.166. The second-order valence-electron chi connectivity index (χ2n) is 23.1. The molecule has 79 heavy (non-hydrogen) atoms. The third-order valence-corrected chi connectivity index (χ3v) is 15.2. The Hall–Kier alpha value is -3.15. The van der Waals surface area contributed by atoms with Gasteiger partial charge in [0.25, 0.3) is 0 Å². The number of carbonyl (C=O) groups is 3. The van der Waals surface area contributed by atoms with E-state index in [4.69, 9.17) is 14.2 Å². The third kappa shape index (κ3) is 65.5. The van der Waals surface area contributed by atoms with Crippen molar-refractivity contribution in [3.05, 3.63) is 72.9 Å². The van der Waals surface area contributed by atoms with E-state index in [0.29, 0.717) is 19.3 Å². The molecule has 0 bridgehead atoms. The van der Waals surface area contributed by atoms with Gasteiger partial charge in [-0.15, -0.1) is 0 Å². The fourth-order valence-electron chi connectivity index (χ4n) is 10.0. The van der Waals surface area contributed by atoms with Crippen LogP contribution in [0.1, 0.15) is 355 Å². The lowest BCUT2D eigenvalue weighted by Crippen LogP contribution is -2.30. The predicted octanol–water partition coefficient (Wildman–Crippen LogP) is 23.7. The molecule has 1 unspecified atom stereocenters. The second kappa shape index (κ2) is 67.4. The molecule has 458 valence electrons. The van der Waals surface area contributed by atoms with Gasteiger partial charge in [-0.05, 0) is 96.3 Å². The average Bonchev–Trinajstić information content (AvgIpc) is 3.45. The van der Waals surface area contributed by atoms with Gasteiger partial charge in [-0.25, -0.2) is 0 Å². The van der Waals surface area contributed by atoms with E-state index in [1.165, 1.54) is 238 Å². The lowest BCUT2D eigenvalue weighted by Gasteiger charge is -2.18. The molecule has 0 aliphatic rings. The largest absolute Gasteiger partial charge is 0.462 e. The lowest BCUT2D eigenvalue weighted by atomic mass is 10.0. The van der Waals surface area contributed by atoms with Crippen LogP contribution in [0.3, 0.4) is 0 Å². The van der Waals surface area contributed by atoms with Crippen LogP contribution in [-0.2, 0) is 28.6 Å². The minimum Gasteiger partial charge on any atom is -0.462 e. The Balaban J connectivity index is 4.06. The molecule has 0 spiro atoms. The van der Waals surface area contributed by atoms with Gasteiger partial charge in [0, 0.05) is 19.3 Å². The van der Waals surface area contributed by atoms with Gasteiger partial charge in [0.15, 0.2) is 6.10 Å². The summed E-state index contributed by atoms with van der Waals surface area (Å²) >= 11 is 0. The van der Waals surface area contributed by atoms with E-state index in [2.05, 4.69) is 87.6 Å². The number of rotatable bonds is 63. The maximum absolute atomic E-state index is 12.8. The van der Waals surface area contributed by atoms with E-state index >= 15 is 0 Å². The minimum atomic E-state index is -0.815. The molecule has 0 aliphatic heterocycles. The zero-order chi connectivity index (χ0) is 57.1. The maximum atomic E-state index is 12.8. The fourth-order valence-corrected chi connectivity index (χ4v) is 10.0. The second-order valence-corrected chi connectivity index (χ2v) is 23.1. The zero-order valence-electron chi connectivity index (χ0n) is 52.6. The van der Waals surface area contributed by atoms with Crippen molar-refractivity contribution in [3.63, 3.8) is 0 Å². The number of carbonyl (C=O) groups excluding carboxylic acids is 3. The average molecular weight is 1100 g/mol. The number of allylic oxidation sites excluding steroid dienone is 12. The molecule has 6 heteroatoms. The summed E-state index contributed by atoms with van der Waals surface area (Å²) in [7, 11) is 0. The van der Waals surface area contributed by atoms with Gasteiger partial charge in [-0.3, -0.25) is 14.4 Å². The molecule has 0 heterocycles. The molecular weight excluding hydrogens is 973 g/mol. The Morgan fingerprint density at radius 3 is 0.835 bits per heavy atom. The van der Waals surface area contributed by atoms with Crippen molar-refractivity contribution in [1.29, 1.82) is 0 Å². The number of ether oxygens (including phenoxy) is 3. The molecule has 1 atom stereocenters. The van der Waals surface area contributed by atoms with Gasteiger partial charge >= 0.3 is 17.9 Å². The van der Waals surface area contributed by atoms with Crippen LogP contribution < -0.4 is 0 Å². The maximum Gasteiger partial charge on any atom is 0.306 e. The zero-order valence-corrected chi connectivity index (χ0v) is 52.6. The highest BCUT2D eigenvalue weighted by Crippen LogP contribution is 2.18. The molecule has 0 aromatic rings. The third-order valence-electron chi connectivity index (χ3n) is 15.2. The Bertz CT molecular complexity index is 1450. The molecule has 6 nitrogen and oxygen atoms in total. The smallest absolute Gasteiger partial charge is 0.306 e. The number of hydrogen-bond donors (Lipinski definition) is 0. The highest BCUT2D eigenvalue weighted by Gasteiger charge is 2.19. The molecule has 0 aliphatic carbocycles. The molecule has 0 aromatic heterocycles. The first-order valence-corrected chi connectivity index (χ1v) is 34.4. The molecule has 0 saturated heterocycles. The van der Waals surface area contributed by atoms with Gasteiger partial charge in [0.05, 0.1) is 0 Å². The summed E-state index contributed by atoms with van der Waals surface area (Å²) in [5.74, 6) is -0.982. The van der Waals surface area contributed by atoms with Crippen LogP contribution in [0.2, 0.25) is 0 Å². The molecule has 0 N–H and O–H groups in total.